The van der Waals surface area contributed by atoms with Gasteiger partial charge in [-0.15, -0.1) is 0 Å². The normalized spacial score (nSPS) is 18.4. The molecule has 4 heteroatoms. The minimum atomic E-state index is 0.615. The molecular formula is C15H16N4. The van der Waals surface area contributed by atoms with Crippen molar-refractivity contribution in [2.45, 2.75) is 6.42 Å². The number of rotatable bonds is 3. The second-order valence-corrected chi connectivity index (χ2v) is 4.93. The number of nitrogens with zero attached hydrogens (tertiary/aromatic N) is 2. The monoisotopic (exact) mass is 252 g/mol. The summed E-state index contributed by atoms with van der Waals surface area (Å²) >= 11 is 0. The Morgan fingerprint density at radius 1 is 1.42 bits per heavy atom. The highest BCUT2D eigenvalue weighted by Crippen LogP contribution is 2.20. The van der Waals surface area contributed by atoms with E-state index in [-0.39, 0.29) is 0 Å². The summed E-state index contributed by atoms with van der Waals surface area (Å²) in [4.78, 5) is 4.55. The van der Waals surface area contributed by atoms with E-state index in [2.05, 4.69) is 21.7 Å². The van der Waals surface area contributed by atoms with Crippen molar-refractivity contribution in [3.05, 3.63) is 35.9 Å². The van der Waals surface area contributed by atoms with E-state index in [0.717, 1.165) is 30.5 Å². The SMILES string of the molecule is N#Cc1cc2ccccc2nc1NCC1CCNC1. The minimum Gasteiger partial charge on any atom is -0.369 e. The van der Waals surface area contributed by atoms with Crippen LogP contribution in [0.2, 0.25) is 0 Å². The van der Waals surface area contributed by atoms with E-state index in [9.17, 15) is 5.26 Å². The van der Waals surface area contributed by atoms with Crippen LogP contribution in [-0.4, -0.2) is 24.6 Å². The van der Waals surface area contributed by atoms with Crippen molar-refractivity contribution >= 4 is 16.7 Å². The quantitative estimate of drug-likeness (QED) is 0.878. The summed E-state index contributed by atoms with van der Waals surface area (Å²) in [6.45, 7) is 3.00. The fourth-order valence-electron chi connectivity index (χ4n) is 2.47. The van der Waals surface area contributed by atoms with E-state index in [1.54, 1.807) is 0 Å². The van der Waals surface area contributed by atoms with Crippen molar-refractivity contribution in [3.8, 4) is 6.07 Å². The van der Waals surface area contributed by atoms with Crippen LogP contribution in [0.15, 0.2) is 30.3 Å². The first-order valence-electron chi connectivity index (χ1n) is 6.61. The van der Waals surface area contributed by atoms with Gasteiger partial charge in [-0.25, -0.2) is 4.98 Å². The van der Waals surface area contributed by atoms with Gasteiger partial charge in [-0.05, 0) is 37.6 Å². The molecule has 19 heavy (non-hydrogen) atoms. The molecule has 0 spiro atoms. The van der Waals surface area contributed by atoms with Gasteiger partial charge in [-0.3, -0.25) is 0 Å². The summed E-state index contributed by atoms with van der Waals surface area (Å²) < 4.78 is 0. The smallest absolute Gasteiger partial charge is 0.144 e. The number of anilines is 1. The Labute approximate surface area is 112 Å². The van der Waals surface area contributed by atoms with Crippen molar-refractivity contribution in [3.63, 3.8) is 0 Å². The fraction of sp³-hybridized carbons (Fsp3) is 0.333. The molecule has 1 fully saturated rings. The maximum Gasteiger partial charge on any atom is 0.144 e. The summed E-state index contributed by atoms with van der Waals surface area (Å²) in [6.07, 6.45) is 1.18. The van der Waals surface area contributed by atoms with Gasteiger partial charge in [0.15, 0.2) is 0 Å². The van der Waals surface area contributed by atoms with Crippen LogP contribution in [0.5, 0.6) is 0 Å². The molecule has 2 aromatic rings. The Hall–Kier alpha value is -2.12. The lowest BCUT2D eigenvalue weighted by atomic mass is 10.1. The molecule has 1 aromatic carbocycles. The maximum atomic E-state index is 9.23. The number of para-hydroxylation sites is 1. The number of benzene rings is 1. The molecule has 2 heterocycles. The summed E-state index contributed by atoms with van der Waals surface area (Å²) in [5, 5.41) is 16.9. The predicted molar refractivity (Wildman–Crippen MR) is 75.9 cm³/mol. The molecule has 1 atom stereocenters. The van der Waals surface area contributed by atoms with Gasteiger partial charge >= 0.3 is 0 Å². The molecule has 0 aliphatic carbocycles. The molecule has 1 saturated heterocycles. The maximum absolute atomic E-state index is 9.23. The van der Waals surface area contributed by atoms with Gasteiger partial charge in [-0.2, -0.15) is 5.26 Å². The van der Waals surface area contributed by atoms with Crippen molar-refractivity contribution in [2.24, 2.45) is 5.92 Å². The first-order valence-corrected chi connectivity index (χ1v) is 6.61. The topological polar surface area (TPSA) is 60.7 Å². The fourth-order valence-corrected chi connectivity index (χ4v) is 2.47. The molecule has 96 valence electrons. The molecule has 2 N–H and O–H groups in total. The highest BCUT2D eigenvalue weighted by Gasteiger charge is 2.15. The average Bonchev–Trinajstić information content (AvgIpc) is 2.97. The lowest BCUT2D eigenvalue weighted by Crippen LogP contribution is -2.18. The van der Waals surface area contributed by atoms with Crippen LogP contribution in [0, 0.1) is 17.2 Å². The highest BCUT2D eigenvalue weighted by molar-refractivity contribution is 5.82. The Bertz CT molecular complexity index is 624. The molecule has 0 amide bonds. The first-order chi connectivity index (χ1) is 9.36. The number of hydrogen-bond acceptors (Lipinski definition) is 4. The van der Waals surface area contributed by atoms with Gasteiger partial charge in [0.2, 0.25) is 0 Å². The van der Waals surface area contributed by atoms with Gasteiger partial charge in [0.25, 0.3) is 0 Å². The molecule has 4 nitrogen and oxygen atoms in total. The third-order valence-electron chi connectivity index (χ3n) is 3.56. The lowest BCUT2D eigenvalue weighted by molar-refractivity contribution is 0.614. The number of nitrogens with one attached hydrogen (secondary N) is 2. The summed E-state index contributed by atoms with van der Waals surface area (Å²) in [5.74, 6) is 1.33. The summed E-state index contributed by atoms with van der Waals surface area (Å²) in [7, 11) is 0. The van der Waals surface area contributed by atoms with Crippen molar-refractivity contribution in [2.75, 3.05) is 25.0 Å². The molecular weight excluding hydrogens is 236 g/mol. The molecule has 0 radical (unpaired) electrons. The van der Waals surface area contributed by atoms with Gasteiger partial charge in [0.05, 0.1) is 11.1 Å². The number of aromatic nitrogens is 1. The second kappa shape index (κ2) is 5.25. The minimum absolute atomic E-state index is 0.615. The highest BCUT2D eigenvalue weighted by atomic mass is 15.0. The third kappa shape index (κ3) is 2.51. The molecule has 1 aliphatic rings. The zero-order valence-corrected chi connectivity index (χ0v) is 10.7. The molecule has 0 bridgehead atoms. The van der Waals surface area contributed by atoms with Crippen LogP contribution in [-0.2, 0) is 0 Å². The van der Waals surface area contributed by atoms with Gasteiger partial charge in [0.1, 0.15) is 11.9 Å². The van der Waals surface area contributed by atoms with E-state index in [4.69, 9.17) is 0 Å². The number of nitriles is 1. The third-order valence-corrected chi connectivity index (χ3v) is 3.56. The van der Waals surface area contributed by atoms with Gasteiger partial charge in [0, 0.05) is 11.9 Å². The second-order valence-electron chi connectivity index (χ2n) is 4.93. The standard InChI is InChI=1S/C15H16N4/c16-8-13-7-12-3-1-2-4-14(12)19-15(13)18-10-11-5-6-17-9-11/h1-4,7,11,17H,5-6,9-10H2,(H,18,19). The van der Waals surface area contributed by atoms with Crippen molar-refractivity contribution in [1.82, 2.24) is 10.3 Å². The van der Waals surface area contributed by atoms with Crippen LogP contribution in [0.1, 0.15) is 12.0 Å². The van der Waals surface area contributed by atoms with Crippen LogP contribution in [0.25, 0.3) is 10.9 Å². The Balaban J connectivity index is 1.86. The van der Waals surface area contributed by atoms with E-state index in [1.807, 2.05) is 30.3 Å². The Kier molecular flexibility index (Phi) is 3.30. The zero-order valence-electron chi connectivity index (χ0n) is 10.7. The van der Waals surface area contributed by atoms with E-state index >= 15 is 0 Å². The van der Waals surface area contributed by atoms with Gasteiger partial charge in [-0.1, -0.05) is 18.2 Å². The Morgan fingerprint density at radius 3 is 3.11 bits per heavy atom. The predicted octanol–water partition coefficient (Wildman–Crippen LogP) is 2.13. The number of pyridine rings is 1. The van der Waals surface area contributed by atoms with Crippen LogP contribution in [0.3, 0.4) is 0 Å². The van der Waals surface area contributed by atoms with E-state index < -0.39 is 0 Å². The van der Waals surface area contributed by atoms with Gasteiger partial charge < -0.3 is 10.6 Å². The lowest BCUT2D eigenvalue weighted by Gasteiger charge is -2.12. The molecule has 1 unspecified atom stereocenters. The number of fused-ring (bicyclic) bond motifs is 1. The van der Waals surface area contributed by atoms with Crippen LogP contribution < -0.4 is 10.6 Å². The largest absolute Gasteiger partial charge is 0.369 e. The number of hydrogen-bond donors (Lipinski definition) is 2. The Morgan fingerprint density at radius 2 is 2.32 bits per heavy atom. The molecule has 3 rings (SSSR count). The zero-order chi connectivity index (χ0) is 13.1. The van der Waals surface area contributed by atoms with Crippen LogP contribution in [0.4, 0.5) is 5.82 Å². The van der Waals surface area contributed by atoms with Crippen LogP contribution >= 0.6 is 0 Å². The van der Waals surface area contributed by atoms with Crippen molar-refractivity contribution < 1.29 is 0 Å². The first kappa shape index (κ1) is 11.9. The molecule has 1 aromatic heterocycles. The van der Waals surface area contributed by atoms with E-state index in [1.165, 1.54) is 6.42 Å². The van der Waals surface area contributed by atoms with E-state index in [0.29, 0.717) is 17.3 Å². The molecule has 1 aliphatic heterocycles. The molecule has 0 saturated carbocycles. The van der Waals surface area contributed by atoms with Crippen molar-refractivity contribution in [1.29, 1.82) is 5.26 Å². The summed E-state index contributed by atoms with van der Waals surface area (Å²) in [5.41, 5.74) is 1.54. The summed E-state index contributed by atoms with van der Waals surface area (Å²) in [6, 6.07) is 12.0. The average molecular weight is 252 g/mol.